The molecule has 2 unspecified atom stereocenters. The fraction of sp³-hybridized carbons (Fsp3) is 0.389. The number of nitrogens with one attached hydrogen (secondary N) is 3. The van der Waals surface area contributed by atoms with E-state index in [1.54, 1.807) is 19.2 Å². The van der Waals surface area contributed by atoms with Crippen LogP contribution in [0.15, 0.2) is 77.6 Å². The first-order valence-corrected chi connectivity index (χ1v) is 15.8. The average Bonchev–Trinajstić information content (AvgIpc) is 3.08. The Bertz CT molecular complexity index is 1590. The summed E-state index contributed by atoms with van der Waals surface area (Å²) in [6, 6.07) is 21.1. The van der Waals surface area contributed by atoms with Gasteiger partial charge in [-0.15, -0.1) is 0 Å². The molecule has 1 aromatic heterocycles. The second-order valence-electron chi connectivity index (χ2n) is 11.2. The molecule has 246 valence electrons. The molecule has 0 aliphatic heterocycles. The Morgan fingerprint density at radius 2 is 1.57 bits per heavy atom. The van der Waals surface area contributed by atoms with Crippen molar-refractivity contribution in [2.75, 3.05) is 33.9 Å². The summed E-state index contributed by atoms with van der Waals surface area (Å²) in [5.41, 5.74) is 2.46. The zero-order valence-electron chi connectivity index (χ0n) is 26.6. The normalized spacial score (nSPS) is 12.4. The number of phenols is 1. The van der Waals surface area contributed by atoms with E-state index >= 15 is 0 Å². The van der Waals surface area contributed by atoms with Crippen LogP contribution < -0.4 is 25.7 Å². The monoisotopic (exact) mass is 631 g/mol. The third kappa shape index (κ3) is 9.98. The van der Waals surface area contributed by atoms with Crippen LogP contribution in [0.5, 0.6) is 17.2 Å². The molecular formula is C36H45N3O7. The Morgan fingerprint density at radius 3 is 2.30 bits per heavy atom. The van der Waals surface area contributed by atoms with E-state index < -0.39 is 18.2 Å². The number of carbonyl (C=O) groups is 1. The predicted molar refractivity (Wildman–Crippen MR) is 179 cm³/mol. The van der Waals surface area contributed by atoms with Crippen LogP contribution in [0.25, 0.3) is 10.9 Å². The van der Waals surface area contributed by atoms with Crippen LogP contribution in [0.1, 0.15) is 73.8 Å². The summed E-state index contributed by atoms with van der Waals surface area (Å²) in [6.45, 7) is 1.79. The van der Waals surface area contributed by atoms with Crippen molar-refractivity contribution >= 4 is 17.0 Å². The molecule has 46 heavy (non-hydrogen) atoms. The van der Waals surface area contributed by atoms with E-state index in [1.165, 1.54) is 19.2 Å². The first kappa shape index (κ1) is 34.3. The minimum Gasteiger partial charge on any atom is -0.506 e. The number of rotatable bonds is 18. The van der Waals surface area contributed by atoms with Crippen molar-refractivity contribution in [1.82, 2.24) is 15.6 Å². The number of unbranched alkanes of at least 4 members (excludes halogenated alkanes) is 6. The molecule has 10 heteroatoms. The third-order valence-electron chi connectivity index (χ3n) is 7.92. The van der Waals surface area contributed by atoms with Crippen molar-refractivity contribution in [3.05, 3.63) is 99.8 Å². The van der Waals surface area contributed by atoms with Gasteiger partial charge in [0.15, 0.2) is 0 Å². The lowest BCUT2D eigenvalue weighted by atomic mass is 9.98. The highest BCUT2D eigenvalue weighted by Crippen LogP contribution is 2.31. The van der Waals surface area contributed by atoms with Crippen LogP contribution in [0.4, 0.5) is 4.79 Å². The van der Waals surface area contributed by atoms with Gasteiger partial charge >= 0.3 is 6.09 Å². The molecule has 0 fully saturated rings. The topological polar surface area (TPSA) is 142 Å². The van der Waals surface area contributed by atoms with E-state index in [1.807, 2.05) is 48.5 Å². The number of fused-ring (bicyclic) bond motifs is 1. The number of hydrogen-bond donors (Lipinski definition) is 5. The van der Waals surface area contributed by atoms with Gasteiger partial charge in [-0.05, 0) is 60.3 Å². The number of amides is 1. The van der Waals surface area contributed by atoms with E-state index in [4.69, 9.17) is 14.2 Å². The van der Waals surface area contributed by atoms with Gasteiger partial charge in [-0.3, -0.25) is 4.79 Å². The summed E-state index contributed by atoms with van der Waals surface area (Å²) >= 11 is 0. The zero-order valence-corrected chi connectivity index (χ0v) is 26.6. The van der Waals surface area contributed by atoms with E-state index in [2.05, 4.69) is 15.6 Å². The van der Waals surface area contributed by atoms with Gasteiger partial charge in [-0.25, -0.2) is 4.79 Å². The first-order valence-electron chi connectivity index (χ1n) is 15.8. The maximum Gasteiger partial charge on any atom is 0.407 e. The summed E-state index contributed by atoms with van der Waals surface area (Å²) < 4.78 is 16.5. The van der Waals surface area contributed by atoms with Crippen molar-refractivity contribution in [2.45, 2.75) is 57.1 Å². The maximum atomic E-state index is 12.1. The molecule has 5 N–H and O–H groups in total. The van der Waals surface area contributed by atoms with E-state index in [-0.39, 0.29) is 11.3 Å². The second kappa shape index (κ2) is 17.8. The van der Waals surface area contributed by atoms with Crippen molar-refractivity contribution in [3.8, 4) is 17.2 Å². The van der Waals surface area contributed by atoms with Gasteiger partial charge in [0, 0.05) is 24.1 Å². The molecular weight excluding hydrogens is 586 g/mol. The number of methoxy groups -OCH3 is 2. The van der Waals surface area contributed by atoms with Gasteiger partial charge in [0.05, 0.1) is 38.5 Å². The van der Waals surface area contributed by atoms with Crippen molar-refractivity contribution in [3.63, 3.8) is 0 Å². The van der Waals surface area contributed by atoms with Gasteiger partial charge in [-0.2, -0.15) is 0 Å². The molecule has 0 saturated heterocycles. The second-order valence-corrected chi connectivity index (χ2v) is 11.2. The number of benzene rings is 3. The minimum absolute atomic E-state index is 0.0151. The molecule has 2 atom stereocenters. The smallest absolute Gasteiger partial charge is 0.407 e. The van der Waals surface area contributed by atoms with Crippen LogP contribution in [-0.4, -0.2) is 55.2 Å². The summed E-state index contributed by atoms with van der Waals surface area (Å²) in [5, 5.41) is 27.6. The first-order chi connectivity index (χ1) is 22.4. The maximum absolute atomic E-state index is 12.1. The molecule has 0 aliphatic rings. The minimum atomic E-state index is -0.749. The van der Waals surface area contributed by atoms with E-state index in [0.717, 1.165) is 62.6 Å². The van der Waals surface area contributed by atoms with E-state index in [0.29, 0.717) is 41.1 Å². The van der Waals surface area contributed by atoms with Crippen molar-refractivity contribution in [1.29, 1.82) is 0 Å². The van der Waals surface area contributed by atoms with Crippen molar-refractivity contribution in [2.24, 2.45) is 0 Å². The number of ether oxygens (including phenoxy) is 3. The third-order valence-corrected chi connectivity index (χ3v) is 7.92. The van der Waals surface area contributed by atoms with Gasteiger partial charge in [0.25, 0.3) is 0 Å². The molecule has 0 radical (unpaired) electrons. The van der Waals surface area contributed by atoms with Crippen LogP contribution in [0, 0.1) is 0 Å². The summed E-state index contributed by atoms with van der Waals surface area (Å²) in [7, 11) is 2.95. The number of alkyl carbamates (subject to hydrolysis) is 1. The Kier molecular flexibility index (Phi) is 13.3. The number of hydrogen-bond acceptors (Lipinski definition) is 8. The number of carbonyl (C=O) groups excluding carboxylic acids is 1. The standard InChI is InChI=1S/C36H45N3O7/c1-44-27-21-26(34(39-36(43)45-2)25-13-9-8-10-14-25)22-28(23-27)46-20-12-7-5-3-4-6-11-19-37-24-32(41)29-15-17-31(40)35-30(29)16-18-33(42)38-35/h8-10,13-18,21-23,32,34,37,40-41H,3-7,11-12,19-20,24H2,1-2H3,(H,38,42)(H,39,43). The summed E-state index contributed by atoms with van der Waals surface area (Å²) in [6.07, 6.45) is 6.31. The number of aromatic amines is 1. The highest BCUT2D eigenvalue weighted by molar-refractivity contribution is 5.87. The summed E-state index contributed by atoms with van der Waals surface area (Å²) in [4.78, 5) is 26.3. The zero-order chi connectivity index (χ0) is 32.7. The Hall–Kier alpha value is -4.54. The molecule has 10 nitrogen and oxygen atoms in total. The summed E-state index contributed by atoms with van der Waals surface area (Å²) in [5.74, 6) is 1.32. The number of aromatic hydroxyl groups is 1. The SMILES string of the molecule is COC(=O)NC(c1ccccc1)c1cc(OC)cc(OCCCCCCCCCNCC(O)c2ccc(O)c3[nH]c(=O)ccc23)c1. The molecule has 0 aliphatic carbocycles. The Morgan fingerprint density at radius 1 is 0.848 bits per heavy atom. The highest BCUT2D eigenvalue weighted by Gasteiger charge is 2.19. The Labute approximate surface area is 269 Å². The van der Waals surface area contributed by atoms with Gasteiger partial charge in [0.1, 0.15) is 17.2 Å². The van der Waals surface area contributed by atoms with Crippen molar-refractivity contribution < 1.29 is 29.2 Å². The lowest BCUT2D eigenvalue weighted by Gasteiger charge is -2.20. The molecule has 1 heterocycles. The molecule has 0 bridgehead atoms. The number of aromatic nitrogens is 1. The van der Waals surface area contributed by atoms with Gasteiger partial charge < -0.3 is 40.0 Å². The fourth-order valence-electron chi connectivity index (χ4n) is 5.47. The fourth-order valence-corrected chi connectivity index (χ4v) is 5.47. The van der Waals surface area contributed by atoms with Crippen LogP contribution in [0.3, 0.4) is 0 Å². The predicted octanol–water partition coefficient (Wildman–Crippen LogP) is 6.12. The van der Waals surface area contributed by atoms with Gasteiger partial charge in [-0.1, -0.05) is 68.5 Å². The van der Waals surface area contributed by atoms with Crippen LogP contribution in [-0.2, 0) is 4.74 Å². The number of aliphatic hydroxyl groups is 1. The number of H-pyrrole nitrogens is 1. The molecule has 4 aromatic rings. The quantitative estimate of drug-likeness (QED) is 0.0827. The molecule has 4 rings (SSSR count). The van der Waals surface area contributed by atoms with E-state index in [9.17, 15) is 19.8 Å². The molecule has 1 amide bonds. The lowest BCUT2D eigenvalue weighted by molar-refractivity contribution is 0.168. The number of pyridine rings is 1. The lowest BCUT2D eigenvalue weighted by Crippen LogP contribution is -2.29. The number of phenolic OH excluding ortho intramolecular Hbond substituents is 1. The van der Waals surface area contributed by atoms with Crippen LogP contribution in [0.2, 0.25) is 0 Å². The average molecular weight is 632 g/mol. The van der Waals surface area contributed by atoms with Gasteiger partial charge in [0.2, 0.25) is 5.56 Å². The molecule has 0 saturated carbocycles. The molecule has 3 aromatic carbocycles. The van der Waals surface area contributed by atoms with Crippen LogP contribution >= 0.6 is 0 Å². The Balaban J connectivity index is 1.12. The largest absolute Gasteiger partial charge is 0.506 e. The molecule has 0 spiro atoms. The number of aliphatic hydroxyl groups excluding tert-OH is 1. The highest BCUT2D eigenvalue weighted by atomic mass is 16.5.